The lowest BCUT2D eigenvalue weighted by molar-refractivity contribution is 0.458. The van der Waals surface area contributed by atoms with Gasteiger partial charge in [0.2, 0.25) is 5.95 Å². The highest BCUT2D eigenvalue weighted by molar-refractivity contribution is 7.85. The second kappa shape index (κ2) is 5.06. The van der Waals surface area contributed by atoms with E-state index in [9.17, 15) is 17.2 Å². The fourth-order valence-corrected chi connectivity index (χ4v) is 2.00. The van der Waals surface area contributed by atoms with E-state index >= 15 is 0 Å². The minimum absolute atomic E-state index is 0.298. The maximum atomic E-state index is 12.8. The third-order valence-electron chi connectivity index (χ3n) is 2.32. The van der Waals surface area contributed by atoms with Gasteiger partial charge in [0, 0.05) is 5.69 Å². The maximum Gasteiger partial charge on any atom is 0.315 e. The molecule has 0 radical (unpaired) electrons. The highest BCUT2D eigenvalue weighted by atomic mass is 32.2. The number of hydrogen-bond donors (Lipinski definition) is 2. The molecule has 1 aromatic heterocycles. The van der Waals surface area contributed by atoms with Gasteiger partial charge < -0.3 is 5.32 Å². The van der Waals surface area contributed by atoms with Gasteiger partial charge in [0.15, 0.2) is 0 Å². The summed E-state index contributed by atoms with van der Waals surface area (Å²) in [4.78, 5) is 8.91. The van der Waals surface area contributed by atoms with Crippen LogP contribution in [0.4, 0.5) is 20.4 Å². The lowest BCUT2D eigenvalue weighted by atomic mass is 10.2. The highest BCUT2D eigenvalue weighted by Gasteiger charge is 2.12. The largest absolute Gasteiger partial charge is 0.324 e. The van der Waals surface area contributed by atoms with Crippen molar-refractivity contribution in [2.45, 2.75) is 11.8 Å². The molecule has 1 heterocycles. The predicted molar refractivity (Wildman–Crippen MR) is 64.0 cm³/mol. The highest BCUT2D eigenvalue weighted by Crippen LogP contribution is 2.21. The van der Waals surface area contributed by atoms with Crippen LogP contribution in [0, 0.1) is 19.1 Å². The van der Waals surface area contributed by atoms with Crippen molar-refractivity contribution in [3.63, 3.8) is 0 Å². The standard InChI is InChI=1S/C10H8F2N4O3S/c1-5-4-6(20(17,18)19)2-3-7(5)13-10-15-8(11)14-9(12)16-10/h2-4H,1H3,(H,17,18,19)(H,13,14,15,16). The maximum absolute atomic E-state index is 12.8. The lowest BCUT2D eigenvalue weighted by Crippen LogP contribution is -2.05. The van der Waals surface area contributed by atoms with Crippen molar-refractivity contribution in [3.05, 3.63) is 35.9 Å². The number of aryl methyl sites for hydroxylation is 1. The van der Waals surface area contributed by atoms with Crippen LogP contribution in [0.15, 0.2) is 23.1 Å². The zero-order chi connectivity index (χ0) is 14.9. The fraction of sp³-hybridized carbons (Fsp3) is 0.100. The first-order chi connectivity index (χ1) is 9.25. The van der Waals surface area contributed by atoms with Crippen LogP contribution >= 0.6 is 0 Å². The summed E-state index contributed by atoms with van der Waals surface area (Å²) in [6, 6.07) is 3.61. The van der Waals surface area contributed by atoms with Gasteiger partial charge in [-0.15, -0.1) is 0 Å². The zero-order valence-electron chi connectivity index (χ0n) is 10.0. The molecular weight excluding hydrogens is 294 g/mol. The fourth-order valence-electron chi connectivity index (χ4n) is 1.44. The smallest absolute Gasteiger partial charge is 0.315 e. The summed E-state index contributed by atoms with van der Waals surface area (Å²) in [5.74, 6) is -0.363. The Hall–Kier alpha value is -2.20. The van der Waals surface area contributed by atoms with Gasteiger partial charge in [-0.3, -0.25) is 4.55 Å². The van der Waals surface area contributed by atoms with Crippen molar-refractivity contribution >= 4 is 21.8 Å². The van der Waals surface area contributed by atoms with Gasteiger partial charge >= 0.3 is 12.2 Å². The Morgan fingerprint density at radius 1 is 1.15 bits per heavy atom. The molecule has 20 heavy (non-hydrogen) atoms. The third-order valence-corrected chi connectivity index (χ3v) is 3.17. The van der Waals surface area contributed by atoms with E-state index in [0.717, 1.165) is 6.07 Å². The average Bonchev–Trinajstić information content (AvgIpc) is 2.29. The van der Waals surface area contributed by atoms with Crippen molar-refractivity contribution in [3.8, 4) is 0 Å². The second-order valence-corrected chi connectivity index (χ2v) is 5.20. The van der Waals surface area contributed by atoms with E-state index in [1.807, 2.05) is 0 Å². The summed E-state index contributed by atoms with van der Waals surface area (Å²) in [6.07, 6.45) is -2.57. The number of nitrogens with one attached hydrogen (secondary N) is 1. The molecule has 0 bridgehead atoms. The zero-order valence-corrected chi connectivity index (χ0v) is 10.8. The van der Waals surface area contributed by atoms with Gasteiger partial charge in [-0.1, -0.05) is 0 Å². The first kappa shape index (κ1) is 14.2. The molecule has 0 fully saturated rings. The number of rotatable bonds is 3. The Morgan fingerprint density at radius 3 is 2.25 bits per heavy atom. The van der Waals surface area contributed by atoms with Gasteiger partial charge in [0.05, 0.1) is 4.90 Å². The minimum atomic E-state index is -4.32. The summed E-state index contributed by atoms with van der Waals surface area (Å²) < 4.78 is 56.4. The Labute approximate surface area is 112 Å². The molecule has 0 unspecified atom stereocenters. The monoisotopic (exact) mass is 302 g/mol. The number of anilines is 2. The van der Waals surface area contributed by atoms with Gasteiger partial charge in [-0.2, -0.15) is 32.2 Å². The molecular formula is C10H8F2N4O3S. The predicted octanol–water partition coefficient (Wildman–Crippen LogP) is 1.45. The van der Waals surface area contributed by atoms with Crippen LogP contribution in [0.2, 0.25) is 0 Å². The average molecular weight is 302 g/mol. The third kappa shape index (κ3) is 3.22. The number of hydrogen-bond acceptors (Lipinski definition) is 6. The van der Waals surface area contributed by atoms with E-state index in [1.54, 1.807) is 0 Å². The molecule has 0 saturated heterocycles. The summed E-state index contributed by atoms with van der Waals surface area (Å²) >= 11 is 0. The van der Waals surface area contributed by atoms with E-state index in [0.29, 0.717) is 11.3 Å². The van der Waals surface area contributed by atoms with Crippen LogP contribution in [0.3, 0.4) is 0 Å². The van der Waals surface area contributed by atoms with Crippen molar-refractivity contribution in [2.24, 2.45) is 0 Å². The molecule has 2 aromatic rings. The summed E-state index contributed by atoms with van der Waals surface area (Å²) in [7, 11) is -4.32. The summed E-state index contributed by atoms with van der Waals surface area (Å²) in [5.41, 5.74) is 0.726. The molecule has 7 nitrogen and oxygen atoms in total. The lowest BCUT2D eigenvalue weighted by Gasteiger charge is -2.08. The SMILES string of the molecule is Cc1cc(S(=O)(=O)O)ccc1Nc1nc(F)nc(F)n1. The Morgan fingerprint density at radius 2 is 1.75 bits per heavy atom. The molecule has 2 rings (SSSR count). The van der Waals surface area contributed by atoms with Crippen molar-refractivity contribution < 1.29 is 21.8 Å². The normalized spacial score (nSPS) is 11.4. The Bertz CT molecular complexity index is 747. The first-order valence-electron chi connectivity index (χ1n) is 5.18. The molecule has 0 atom stereocenters. The number of nitrogens with zero attached hydrogens (tertiary/aromatic N) is 3. The van der Waals surface area contributed by atoms with Gasteiger partial charge in [0.25, 0.3) is 10.1 Å². The molecule has 2 N–H and O–H groups in total. The van der Waals surface area contributed by atoms with E-state index in [-0.39, 0.29) is 10.8 Å². The van der Waals surface area contributed by atoms with E-state index in [4.69, 9.17) is 4.55 Å². The van der Waals surface area contributed by atoms with Crippen LogP contribution in [0.25, 0.3) is 0 Å². The summed E-state index contributed by atoms with van der Waals surface area (Å²) in [5, 5.41) is 2.51. The van der Waals surface area contributed by atoms with Crippen molar-refractivity contribution in [1.29, 1.82) is 0 Å². The quantitative estimate of drug-likeness (QED) is 0.827. The van der Waals surface area contributed by atoms with Crippen LogP contribution < -0.4 is 5.32 Å². The molecule has 0 amide bonds. The van der Waals surface area contributed by atoms with Crippen molar-refractivity contribution in [2.75, 3.05) is 5.32 Å². The van der Waals surface area contributed by atoms with E-state index in [2.05, 4.69) is 20.3 Å². The minimum Gasteiger partial charge on any atom is -0.324 e. The molecule has 0 aliphatic rings. The Kier molecular flexibility index (Phi) is 3.59. The van der Waals surface area contributed by atoms with Crippen LogP contribution in [0.1, 0.15) is 5.56 Å². The van der Waals surface area contributed by atoms with Crippen LogP contribution in [-0.2, 0) is 10.1 Å². The molecule has 0 aliphatic carbocycles. The van der Waals surface area contributed by atoms with Gasteiger partial charge in [0.1, 0.15) is 0 Å². The molecule has 0 spiro atoms. The second-order valence-electron chi connectivity index (χ2n) is 3.77. The Balaban J connectivity index is 2.35. The number of aromatic nitrogens is 3. The van der Waals surface area contributed by atoms with Crippen molar-refractivity contribution in [1.82, 2.24) is 15.0 Å². The van der Waals surface area contributed by atoms with Gasteiger partial charge in [-0.05, 0) is 30.7 Å². The molecule has 10 heteroatoms. The summed E-state index contributed by atoms with van der Waals surface area (Å²) in [6.45, 7) is 1.53. The van der Waals surface area contributed by atoms with E-state index in [1.165, 1.54) is 19.1 Å². The number of benzene rings is 1. The molecule has 0 saturated carbocycles. The van der Waals surface area contributed by atoms with E-state index < -0.39 is 22.3 Å². The number of halogens is 2. The topological polar surface area (TPSA) is 105 Å². The molecule has 106 valence electrons. The van der Waals surface area contributed by atoms with Crippen LogP contribution in [0.5, 0.6) is 0 Å². The first-order valence-corrected chi connectivity index (χ1v) is 6.62. The van der Waals surface area contributed by atoms with Crippen LogP contribution in [-0.4, -0.2) is 27.9 Å². The molecule has 1 aromatic carbocycles. The molecule has 0 aliphatic heterocycles. The van der Waals surface area contributed by atoms with Gasteiger partial charge in [-0.25, -0.2) is 0 Å².